The van der Waals surface area contributed by atoms with Crippen LogP contribution < -0.4 is 10.9 Å². The largest absolute Gasteiger partial charge is 0.481 e. The summed E-state index contributed by atoms with van der Waals surface area (Å²) in [6.45, 7) is 0. The van der Waals surface area contributed by atoms with Crippen molar-refractivity contribution in [1.29, 1.82) is 0 Å². The van der Waals surface area contributed by atoms with Gasteiger partial charge in [0.05, 0.1) is 12.1 Å². The zero-order chi connectivity index (χ0) is 21.1. The number of nitrogens with one attached hydrogen (secondary N) is 1. The summed E-state index contributed by atoms with van der Waals surface area (Å²) in [6.07, 6.45) is 5.51. The number of carboxylic acids is 1. The van der Waals surface area contributed by atoms with E-state index in [2.05, 4.69) is 15.3 Å². The monoisotopic (exact) mass is 408 g/mol. The van der Waals surface area contributed by atoms with Crippen LogP contribution in [-0.4, -0.2) is 31.7 Å². The number of pyridine rings is 1. The summed E-state index contributed by atoms with van der Waals surface area (Å²) in [6, 6.07) is 11.7. The first-order valence-electron chi connectivity index (χ1n) is 9.81. The van der Waals surface area contributed by atoms with Gasteiger partial charge in [0.2, 0.25) is 5.95 Å². The summed E-state index contributed by atoms with van der Waals surface area (Å²) in [5.74, 6) is -1.51. The van der Waals surface area contributed by atoms with E-state index in [1.807, 2.05) is 0 Å². The number of anilines is 1. The van der Waals surface area contributed by atoms with Crippen LogP contribution in [0.1, 0.15) is 25.7 Å². The first-order chi connectivity index (χ1) is 14.5. The zero-order valence-corrected chi connectivity index (χ0v) is 16.2. The van der Waals surface area contributed by atoms with Gasteiger partial charge in [0.1, 0.15) is 5.69 Å². The lowest BCUT2D eigenvalue weighted by Gasteiger charge is -2.27. The van der Waals surface area contributed by atoms with Crippen molar-refractivity contribution >= 4 is 11.9 Å². The molecule has 1 fully saturated rings. The molecule has 0 radical (unpaired) electrons. The topological polar surface area (TPSA) is 97.1 Å². The summed E-state index contributed by atoms with van der Waals surface area (Å²) < 4.78 is 16.0. The number of halogens is 1. The van der Waals surface area contributed by atoms with Crippen molar-refractivity contribution in [2.24, 2.45) is 5.92 Å². The fourth-order valence-electron chi connectivity index (χ4n) is 3.81. The lowest BCUT2D eigenvalue weighted by Crippen LogP contribution is -2.31. The van der Waals surface area contributed by atoms with Crippen LogP contribution in [0.15, 0.2) is 59.7 Å². The lowest BCUT2D eigenvalue weighted by molar-refractivity contribution is -0.142. The first-order valence-corrected chi connectivity index (χ1v) is 9.81. The van der Waals surface area contributed by atoms with Gasteiger partial charge in [-0.2, -0.15) is 0 Å². The summed E-state index contributed by atoms with van der Waals surface area (Å²) in [5, 5.41) is 12.4. The number of rotatable bonds is 5. The SMILES string of the molecule is O=C(O)C1CCCC(Nc2ncc(F)c(-c3cccc(-n4ccccc4=O)c3)n2)C1. The molecule has 30 heavy (non-hydrogen) atoms. The average molecular weight is 408 g/mol. The molecule has 0 saturated heterocycles. The maximum atomic E-state index is 14.5. The van der Waals surface area contributed by atoms with Crippen molar-refractivity contribution < 1.29 is 14.3 Å². The number of carboxylic acid groups (broad SMARTS) is 1. The fraction of sp³-hybridized carbons (Fsp3) is 0.273. The Balaban J connectivity index is 1.61. The van der Waals surface area contributed by atoms with Gasteiger partial charge in [-0.3, -0.25) is 14.2 Å². The van der Waals surface area contributed by atoms with Crippen LogP contribution in [0.4, 0.5) is 10.3 Å². The molecule has 2 aromatic heterocycles. The van der Waals surface area contributed by atoms with Crippen molar-refractivity contribution in [3.63, 3.8) is 0 Å². The van der Waals surface area contributed by atoms with Crippen molar-refractivity contribution in [3.05, 3.63) is 71.0 Å². The molecule has 2 heterocycles. The molecular formula is C22H21FN4O3. The second-order valence-corrected chi connectivity index (χ2v) is 7.39. The number of aliphatic carboxylic acids is 1. The van der Waals surface area contributed by atoms with Gasteiger partial charge < -0.3 is 10.4 Å². The van der Waals surface area contributed by atoms with Gasteiger partial charge in [0, 0.05) is 29.6 Å². The Labute approximate surface area is 172 Å². The maximum absolute atomic E-state index is 14.5. The number of hydrogen-bond donors (Lipinski definition) is 2. The maximum Gasteiger partial charge on any atom is 0.306 e. The van der Waals surface area contributed by atoms with Gasteiger partial charge in [-0.1, -0.05) is 24.6 Å². The third-order valence-electron chi connectivity index (χ3n) is 5.32. The second-order valence-electron chi connectivity index (χ2n) is 7.39. The highest BCUT2D eigenvalue weighted by molar-refractivity contribution is 5.70. The predicted molar refractivity (Wildman–Crippen MR) is 110 cm³/mol. The number of benzene rings is 1. The highest BCUT2D eigenvalue weighted by atomic mass is 19.1. The molecule has 0 spiro atoms. The number of carbonyl (C=O) groups is 1. The number of hydrogen-bond acceptors (Lipinski definition) is 5. The molecule has 1 aliphatic rings. The van der Waals surface area contributed by atoms with Crippen molar-refractivity contribution in [2.75, 3.05) is 5.32 Å². The van der Waals surface area contributed by atoms with Gasteiger partial charge in [0.25, 0.3) is 5.56 Å². The number of nitrogens with zero attached hydrogens (tertiary/aromatic N) is 3. The van der Waals surface area contributed by atoms with Crippen molar-refractivity contribution in [1.82, 2.24) is 14.5 Å². The molecule has 1 saturated carbocycles. The van der Waals surface area contributed by atoms with Crippen LogP contribution in [-0.2, 0) is 4.79 Å². The molecule has 154 valence electrons. The Morgan fingerprint density at radius 2 is 2.07 bits per heavy atom. The summed E-state index contributed by atoms with van der Waals surface area (Å²) >= 11 is 0. The van der Waals surface area contributed by atoms with E-state index in [4.69, 9.17) is 0 Å². The summed E-state index contributed by atoms with van der Waals surface area (Å²) in [7, 11) is 0. The van der Waals surface area contributed by atoms with Crippen LogP contribution in [0.25, 0.3) is 16.9 Å². The van der Waals surface area contributed by atoms with E-state index in [0.717, 1.165) is 19.0 Å². The minimum Gasteiger partial charge on any atom is -0.481 e. The van der Waals surface area contributed by atoms with Gasteiger partial charge in [-0.15, -0.1) is 0 Å². The van der Waals surface area contributed by atoms with E-state index in [9.17, 15) is 19.1 Å². The molecule has 1 aromatic carbocycles. The lowest BCUT2D eigenvalue weighted by atomic mass is 9.86. The van der Waals surface area contributed by atoms with Crippen molar-refractivity contribution in [2.45, 2.75) is 31.7 Å². The van der Waals surface area contributed by atoms with Crippen LogP contribution in [0.2, 0.25) is 0 Å². The van der Waals surface area contributed by atoms with Gasteiger partial charge in [0.15, 0.2) is 5.82 Å². The quantitative estimate of drug-likeness (QED) is 0.671. The molecule has 4 rings (SSSR count). The smallest absolute Gasteiger partial charge is 0.306 e. The van der Waals surface area contributed by atoms with Crippen molar-refractivity contribution in [3.8, 4) is 16.9 Å². The average Bonchev–Trinajstić information content (AvgIpc) is 2.76. The second kappa shape index (κ2) is 8.44. The molecule has 3 aromatic rings. The van der Waals surface area contributed by atoms with Crippen LogP contribution in [0.5, 0.6) is 0 Å². The summed E-state index contributed by atoms with van der Waals surface area (Å²) in [4.78, 5) is 31.7. The van der Waals surface area contributed by atoms with E-state index < -0.39 is 17.7 Å². The van der Waals surface area contributed by atoms with Crippen LogP contribution in [0, 0.1) is 11.7 Å². The van der Waals surface area contributed by atoms with E-state index in [-0.39, 0.29) is 23.2 Å². The van der Waals surface area contributed by atoms with Crippen LogP contribution in [0.3, 0.4) is 0 Å². The summed E-state index contributed by atoms with van der Waals surface area (Å²) in [5.41, 5.74) is 1.04. The minimum absolute atomic E-state index is 0.0765. The first kappa shape index (κ1) is 19.8. The molecule has 1 aliphatic carbocycles. The molecule has 2 N–H and O–H groups in total. The van der Waals surface area contributed by atoms with E-state index in [1.54, 1.807) is 42.6 Å². The Hall–Kier alpha value is -3.55. The normalized spacial score (nSPS) is 18.7. The molecule has 0 aliphatic heterocycles. The molecule has 2 atom stereocenters. The van der Waals surface area contributed by atoms with Gasteiger partial charge in [-0.25, -0.2) is 14.4 Å². The highest BCUT2D eigenvalue weighted by Crippen LogP contribution is 2.28. The van der Waals surface area contributed by atoms with Crippen LogP contribution >= 0.6 is 0 Å². The molecule has 0 bridgehead atoms. The Bertz CT molecular complexity index is 1130. The third kappa shape index (κ3) is 4.22. The molecule has 0 amide bonds. The Kier molecular flexibility index (Phi) is 5.56. The van der Waals surface area contributed by atoms with E-state index in [1.165, 1.54) is 10.6 Å². The standard InChI is InChI=1S/C22H21FN4O3/c23-18-13-24-22(25-16-7-3-6-15(11-16)21(29)30)26-20(18)14-5-4-8-17(12-14)27-10-2-1-9-19(27)28/h1-2,4-5,8-10,12-13,15-16H,3,6-7,11H2,(H,29,30)(H,24,25,26). The fourth-order valence-corrected chi connectivity index (χ4v) is 3.81. The van der Waals surface area contributed by atoms with E-state index in [0.29, 0.717) is 24.1 Å². The zero-order valence-electron chi connectivity index (χ0n) is 16.2. The number of aromatic nitrogens is 3. The van der Waals surface area contributed by atoms with Gasteiger partial charge in [-0.05, 0) is 37.5 Å². The highest BCUT2D eigenvalue weighted by Gasteiger charge is 2.27. The molecular weight excluding hydrogens is 387 g/mol. The Morgan fingerprint density at radius 3 is 2.87 bits per heavy atom. The predicted octanol–water partition coefficient (Wildman–Crippen LogP) is 3.49. The third-order valence-corrected chi connectivity index (χ3v) is 5.32. The Morgan fingerprint density at radius 1 is 1.20 bits per heavy atom. The minimum atomic E-state index is -0.796. The molecule has 2 unspecified atom stereocenters. The molecule has 8 heteroatoms. The molecule has 7 nitrogen and oxygen atoms in total. The van der Waals surface area contributed by atoms with E-state index >= 15 is 0 Å². The van der Waals surface area contributed by atoms with Gasteiger partial charge >= 0.3 is 5.97 Å².